The van der Waals surface area contributed by atoms with Crippen LogP contribution in [-0.2, 0) is 3.74 Å². The average molecular weight is 170 g/mol. The third-order valence-electron chi connectivity index (χ3n) is 0. The van der Waals surface area contributed by atoms with Crippen LogP contribution in [0.1, 0.15) is 14.9 Å². The Hall–Kier alpha value is 0.318. The van der Waals surface area contributed by atoms with Crippen LogP contribution in [0.5, 0.6) is 0 Å². The number of rotatable bonds is 0. The van der Waals surface area contributed by atoms with Crippen molar-refractivity contribution in [1.82, 2.24) is 0 Å². The fourth-order valence-electron chi connectivity index (χ4n) is 0. The number of hydrogen-bond acceptors (Lipinski definition) is 1. The molecule has 0 saturated heterocycles. The van der Waals surface area contributed by atoms with Gasteiger partial charge in [0.05, 0.1) is 0 Å². The van der Waals surface area contributed by atoms with Crippen molar-refractivity contribution in [2.75, 3.05) is 0 Å². The molecule has 0 aliphatic heterocycles. The fourth-order valence-corrected chi connectivity index (χ4v) is 0. The first kappa shape index (κ1) is 15.7. The molecule has 0 aliphatic rings. The van der Waals surface area contributed by atoms with Gasteiger partial charge in [-0.2, -0.15) is 0 Å². The van der Waals surface area contributed by atoms with Gasteiger partial charge in [-0.3, -0.25) is 0 Å². The molecule has 0 spiro atoms. The van der Waals surface area contributed by atoms with Gasteiger partial charge in [-0.1, -0.05) is 14.9 Å². The van der Waals surface area contributed by atoms with Gasteiger partial charge in [-0.25, -0.2) is 0 Å². The molecule has 0 aliphatic carbocycles. The summed E-state index contributed by atoms with van der Waals surface area (Å²) in [5.41, 5.74) is 2.72. The molecule has 7 heavy (non-hydrogen) atoms. The van der Waals surface area contributed by atoms with E-state index in [1.165, 1.54) is 11.4 Å². The maximum absolute atomic E-state index is 9.83. The predicted molar refractivity (Wildman–Crippen MR) is 33.8 cm³/mol. The molecule has 0 heterocycles. The summed E-state index contributed by atoms with van der Waals surface area (Å²) < 4.78 is 18.0. The van der Waals surface area contributed by atoms with Crippen LogP contribution in [0.2, 0.25) is 11.4 Å². The van der Waals surface area contributed by atoms with Gasteiger partial charge in [-0.05, 0) is 0 Å². The van der Waals surface area contributed by atoms with Crippen LogP contribution in [0.4, 0.5) is 0 Å². The van der Waals surface area contributed by atoms with Gasteiger partial charge in [0.25, 0.3) is 0 Å². The first-order valence-electron chi connectivity index (χ1n) is 1.28. The molecule has 0 atom stereocenters. The Bertz CT molecular complexity index is 55.8. The van der Waals surface area contributed by atoms with Gasteiger partial charge in [0.2, 0.25) is 0 Å². The van der Waals surface area contributed by atoms with Gasteiger partial charge < -0.3 is 0 Å². The van der Waals surface area contributed by atoms with Gasteiger partial charge >= 0.3 is 33.1 Å². The van der Waals surface area contributed by atoms with Crippen molar-refractivity contribution in [3.63, 3.8) is 0 Å². The van der Waals surface area contributed by atoms with Crippen molar-refractivity contribution >= 4 is 13.8 Å². The summed E-state index contributed by atoms with van der Waals surface area (Å²) >= 11 is -3.12. The first-order chi connectivity index (χ1) is 2.00. The Morgan fingerprint density at radius 3 is 1.29 bits per heavy atom. The molecule has 2 nitrogen and oxygen atoms in total. The van der Waals surface area contributed by atoms with Gasteiger partial charge in [0, 0.05) is 0 Å². The molecule has 0 amide bonds. The molecule has 0 bridgehead atoms. The summed E-state index contributed by atoms with van der Waals surface area (Å²) in [6.07, 6.45) is 0. The van der Waals surface area contributed by atoms with Crippen LogP contribution in [0.25, 0.3) is 0 Å². The molecule has 0 aromatic heterocycles. The molecule has 0 aromatic carbocycles. The third-order valence-corrected chi connectivity index (χ3v) is 0. The minimum absolute atomic E-state index is 0. The molecule has 0 fully saturated rings. The molecule has 0 aromatic rings. The van der Waals surface area contributed by atoms with Crippen LogP contribution in [0, 0.1) is 0 Å². The molecule has 0 saturated carbocycles. The summed E-state index contributed by atoms with van der Waals surface area (Å²) in [6, 6.07) is 0. The van der Waals surface area contributed by atoms with Crippen molar-refractivity contribution in [2.24, 2.45) is 0 Å². The van der Waals surface area contributed by atoms with Crippen molar-refractivity contribution in [2.45, 2.75) is 26.3 Å². The monoisotopic (exact) mass is 170 g/mol. The van der Waals surface area contributed by atoms with Crippen molar-refractivity contribution in [1.29, 1.82) is 0 Å². The zero-order chi connectivity index (χ0) is 4.50. The van der Waals surface area contributed by atoms with Gasteiger partial charge in [-0.15, -0.1) is 0 Å². The normalized spacial score (nSPS) is 8.43. The van der Waals surface area contributed by atoms with Crippen LogP contribution >= 0.6 is 0 Å². The first-order valence-corrected chi connectivity index (χ1v) is 6.64. The SMILES string of the molecule is C.C.C[As](C)(=O)O. The van der Waals surface area contributed by atoms with Crippen LogP contribution in [-0.4, -0.2) is 17.9 Å². The second-order valence-electron chi connectivity index (χ2n) is 1.29. The van der Waals surface area contributed by atoms with E-state index in [-0.39, 0.29) is 14.9 Å². The standard InChI is InChI=1S/C2H7AsO2.2CH4/c1-3(2,4)5;;/h1-2H3,(H,4,5);2*1H4. The third kappa shape index (κ3) is 1160. The van der Waals surface area contributed by atoms with Crippen LogP contribution in [0.15, 0.2) is 0 Å². The molecule has 0 radical (unpaired) electrons. The Morgan fingerprint density at radius 1 is 1.29 bits per heavy atom. The number of hydrogen-bond donors (Lipinski definition) is 1. The van der Waals surface area contributed by atoms with Gasteiger partial charge in [0.15, 0.2) is 0 Å². The minimum atomic E-state index is -3.12. The molecule has 0 unspecified atom stereocenters. The average Bonchev–Trinajstić information content (AvgIpc) is 0.722. The van der Waals surface area contributed by atoms with Crippen molar-refractivity contribution in [3.8, 4) is 0 Å². The molecular weight excluding hydrogens is 155 g/mol. The quantitative estimate of drug-likeness (QED) is 0.557. The summed E-state index contributed by atoms with van der Waals surface area (Å²) in [7, 11) is 0. The Kier molecular flexibility index (Phi) is 10.0. The molecule has 3 heteroatoms. The van der Waals surface area contributed by atoms with E-state index < -0.39 is 13.8 Å². The molecule has 1 N–H and O–H groups in total. The van der Waals surface area contributed by atoms with E-state index >= 15 is 0 Å². The topological polar surface area (TPSA) is 37.3 Å². The molecule has 48 valence electrons. The summed E-state index contributed by atoms with van der Waals surface area (Å²) in [4.78, 5) is 0. The molecule has 0 rings (SSSR count). The maximum atomic E-state index is 9.83. The van der Waals surface area contributed by atoms with E-state index in [1.807, 2.05) is 0 Å². The zero-order valence-electron chi connectivity index (χ0n) is 3.30. The van der Waals surface area contributed by atoms with E-state index in [9.17, 15) is 3.74 Å². The Balaban J connectivity index is -0.0000000800. The Labute approximate surface area is 48.6 Å². The summed E-state index contributed by atoms with van der Waals surface area (Å²) in [5.74, 6) is 0. The van der Waals surface area contributed by atoms with E-state index in [0.717, 1.165) is 0 Å². The predicted octanol–water partition coefficient (Wildman–Crippen LogP) is 1.38. The van der Waals surface area contributed by atoms with E-state index in [0.29, 0.717) is 0 Å². The molecular formula is C4H15AsO2. The zero-order valence-corrected chi connectivity index (χ0v) is 5.18. The fraction of sp³-hybridized carbons (Fsp3) is 1.00. The van der Waals surface area contributed by atoms with E-state index in [4.69, 9.17) is 4.10 Å². The van der Waals surface area contributed by atoms with Gasteiger partial charge in [0.1, 0.15) is 0 Å². The second kappa shape index (κ2) is 4.48. The van der Waals surface area contributed by atoms with E-state index in [1.54, 1.807) is 0 Å². The van der Waals surface area contributed by atoms with Crippen LogP contribution in [0.3, 0.4) is 0 Å². The van der Waals surface area contributed by atoms with Crippen molar-refractivity contribution in [3.05, 3.63) is 0 Å². The summed E-state index contributed by atoms with van der Waals surface area (Å²) in [6.45, 7) is 0. The summed E-state index contributed by atoms with van der Waals surface area (Å²) in [5, 5.41) is 0. The Morgan fingerprint density at radius 2 is 1.29 bits per heavy atom. The van der Waals surface area contributed by atoms with Crippen molar-refractivity contribution < 1.29 is 7.84 Å². The van der Waals surface area contributed by atoms with Crippen LogP contribution < -0.4 is 0 Å². The van der Waals surface area contributed by atoms with E-state index in [2.05, 4.69) is 0 Å². The second-order valence-corrected chi connectivity index (χ2v) is 6.72.